The van der Waals surface area contributed by atoms with E-state index in [9.17, 15) is 9.18 Å². The summed E-state index contributed by atoms with van der Waals surface area (Å²) in [4.78, 5) is 19.1. The summed E-state index contributed by atoms with van der Waals surface area (Å²) in [6.45, 7) is 3.55. The van der Waals surface area contributed by atoms with Crippen molar-refractivity contribution in [3.05, 3.63) is 54.0 Å². The van der Waals surface area contributed by atoms with Gasteiger partial charge in [-0.15, -0.1) is 0 Å². The zero-order chi connectivity index (χ0) is 19.6. The number of nitrogens with one attached hydrogen (secondary N) is 1. The Hall–Kier alpha value is -2.31. The lowest BCUT2D eigenvalue weighted by Crippen LogP contribution is -2.39. The van der Waals surface area contributed by atoms with Gasteiger partial charge >= 0.3 is 0 Å². The number of amides is 1. The first kappa shape index (κ1) is 19.0. The van der Waals surface area contributed by atoms with Gasteiger partial charge in [-0.25, -0.2) is 4.39 Å². The van der Waals surface area contributed by atoms with Gasteiger partial charge < -0.3 is 15.0 Å². The first-order valence-electron chi connectivity index (χ1n) is 9.83. The number of pyridine rings is 1. The topological polar surface area (TPSA) is 54.5 Å². The van der Waals surface area contributed by atoms with E-state index in [0.717, 1.165) is 26.1 Å². The summed E-state index contributed by atoms with van der Waals surface area (Å²) < 4.78 is 19.3. The number of ether oxygens (including phenoxy) is 1. The number of carbonyl (C=O) groups excluding carboxylic acids is 1. The molecule has 2 saturated heterocycles. The van der Waals surface area contributed by atoms with Gasteiger partial charge in [-0.05, 0) is 69.1 Å². The highest BCUT2D eigenvalue weighted by Gasteiger charge is 2.41. The standard InChI is InChI=1S/C22H26FN3O2/c1-26-9-7-22(8-10-26)12-19(28-15-22)14-25-21(27)17-5-6-20(24-13-17)16-3-2-4-18(23)11-16/h2-6,11,13,19H,7-10,12,14-15H2,1H3,(H,25,27). The molecule has 0 bridgehead atoms. The third-order valence-corrected chi connectivity index (χ3v) is 5.97. The second-order valence-corrected chi connectivity index (χ2v) is 8.09. The summed E-state index contributed by atoms with van der Waals surface area (Å²) in [5.74, 6) is -0.466. The number of aromatic nitrogens is 1. The molecule has 2 fully saturated rings. The van der Waals surface area contributed by atoms with Gasteiger partial charge in [-0.1, -0.05) is 12.1 Å². The van der Waals surface area contributed by atoms with Crippen LogP contribution in [0.5, 0.6) is 0 Å². The molecule has 0 saturated carbocycles. The van der Waals surface area contributed by atoms with Crippen molar-refractivity contribution in [1.82, 2.24) is 15.2 Å². The summed E-state index contributed by atoms with van der Waals surface area (Å²) in [7, 11) is 2.16. The SMILES string of the molecule is CN1CCC2(CC1)COC(CNC(=O)c1ccc(-c3cccc(F)c3)nc1)C2. The van der Waals surface area contributed by atoms with Crippen molar-refractivity contribution in [1.29, 1.82) is 0 Å². The molecule has 1 amide bonds. The highest BCUT2D eigenvalue weighted by atomic mass is 19.1. The van der Waals surface area contributed by atoms with Gasteiger partial charge in [0.2, 0.25) is 0 Å². The Labute approximate surface area is 164 Å². The lowest BCUT2D eigenvalue weighted by Gasteiger charge is -2.36. The van der Waals surface area contributed by atoms with Gasteiger partial charge in [0.25, 0.3) is 5.91 Å². The third-order valence-electron chi connectivity index (χ3n) is 5.97. The number of likely N-dealkylation sites (tertiary alicyclic amines) is 1. The number of hydrogen-bond acceptors (Lipinski definition) is 4. The number of carbonyl (C=O) groups is 1. The highest BCUT2D eigenvalue weighted by molar-refractivity contribution is 5.94. The summed E-state index contributed by atoms with van der Waals surface area (Å²) >= 11 is 0. The Balaban J connectivity index is 1.31. The maximum absolute atomic E-state index is 13.4. The number of rotatable bonds is 4. The molecule has 4 rings (SSSR count). The van der Waals surface area contributed by atoms with Crippen LogP contribution in [0, 0.1) is 11.2 Å². The fraction of sp³-hybridized carbons (Fsp3) is 0.455. The molecule has 1 unspecified atom stereocenters. The zero-order valence-corrected chi connectivity index (χ0v) is 16.2. The van der Waals surface area contributed by atoms with Crippen molar-refractivity contribution < 1.29 is 13.9 Å². The van der Waals surface area contributed by atoms with Crippen LogP contribution in [-0.4, -0.2) is 55.2 Å². The molecule has 6 heteroatoms. The van der Waals surface area contributed by atoms with Crippen molar-refractivity contribution in [3.63, 3.8) is 0 Å². The summed E-state index contributed by atoms with van der Waals surface area (Å²) in [5.41, 5.74) is 2.11. The normalized spacial score (nSPS) is 21.7. The van der Waals surface area contributed by atoms with Gasteiger partial charge in [0.05, 0.1) is 24.0 Å². The second kappa shape index (κ2) is 7.97. The highest BCUT2D eigenvalue weighted by Crippen LogP contribution is 2.41. The molecule has 1 spiro atoms. The van der Waals surface area contributed by atoms with Crippen molar-refractivity contribution in [2.45, 2.75) is 25.4 Å². The Kier molecular flexibility index (Phi) is 5.42. The predicted octanol–water partition coefficient (Wildman–Crippen LogP) is 3.12. The van der Waals surface area contributed by atoms with Crippen LogP contribution in [0.2, 0.25) is 0 Å². The lowest BCUT2D eigenvalue weighted by atomic mass is 9.77. The smallest absolute Gasteiger partial charge is 0.252 e. The number of benzene rings is 1. The van der Waals surface area contributed by atoms with Gasteiger partial charge in [0.15, 0.2) is 0 Å². The molecule has 0 aliphatic carbocycles. The van der Waals surface area contributed by atoms with Gasteiger partial charge in [-0.3, -0.25) is 9.78 Å². The maximum atomic E-state index is 13.4. The van der Waals surface area contributed by atoms with Crippen LogP contribution < -0.4 is 5.32 Å². The Bertz CT molecular complexity index is 832. The van der Waals surface area contributed by atoms with E-state index in [2.05, 4.69) is 22.2 Å². The van der Waals surface area contributed by atoms with E-state index in [1.54, 1.807) is 24.3 Å². The maximum Gasteiger partial charge on any atom is 0.252 e. The molecule has 1 aromatic carbocycles. The fourth-order valence-electron chi connectivity index (χ4n) is 4.12. The molecule has 1 N–H and O–H groups in total. The quantitative estimate of drug-likeness (QED) is 0.881. The van der Waals surface area contributed by atoms with Crippen molar-refractivity contribution in [2.24, 2.45) is 5.41 Å². The number of hydrogen-bond donors (Lipinski definition) is 1. The number of nitrogens with zero attached hydrogens (tertiary/aromatic N) is 2. The van der Waals surface area contributed by atoms with Crippen LogP contribution in [0.1, 0.15) is 29.6 Å². The number of piperidine rings is 1. The molecule has 3 heterocycles. The molecule has 0 radical (unpaired) electrons. The van der Waals surface area contributed by atoms with Gasteiger partial charge in [0, 0.05) is 18.3 Å². The average Bonchev–Trinajstić information content (AvgIpc) is 3.12. The Morgan fingerprint density at radius 3 is 2.86 bits per heavy atom. The minimum atomic E-state index is -0.305. The number of halogens is 1. The van der Waals surface area contributed by atoms with E-state index in [1.807, 2.05) is 0 Å². The Morgan fingerprint density at radius 2 is 2.14 bits per heavy atom. The first-order chi connectivity index (χ1) is 13.5. The van der Waals surface area contributed by atoms with Crippen molar-refractivity contribution in [3.8, 4) is 11.3 Å². The average molecular weight is 383 g/mol. The molecule has 2 aliphatic heterocycles. The molecule has 5 nitrogen and oxygen atoms in total. The molecular weight excluding hydrogens is 357 g/mol. The van der Waals surface area contributed by atoms with Crippen LogP contribution >= 0.6 is 0 Å². The fourth-order valence-corrected chi connectivity index (χ4v) is 4.12. The van der Waals surface area contributed by atoms with Crippen LogP contribution in [0.4, 0.5) is 4.39 Å². The zero-order valence-electron chi connectivity index (χ0n) is 16.2. The van der Waals surface area contributed by atoms with Crippen LogP contribution in [0.15, 0.2) is 42.6 Å². The first-order valence-corrected chi connectivity index (χ1v) is 9.83. The minimum absolute atomic E-state index is 0.0758. The third kappa shape index (κ3) is 4.23. The van der Waals surface area contributed by atoms with Crippen molar-refractivity contribution >= 4 is 5.91 Å². The van der Waals surface area contributed by atoms with E-state index in [0.29, 0.717) is 23.4 Å². The van der Waals surface area contributed by atoms with E-state index in [1.165, 1.54) is 31.2 Å². The Morgan fingerprint density at radius 1 is 1.32 bits per heavy atom. The molecule has 2 aliphatic rings. The molecule has 2 aromatic rings. The molecule has 148 valence electrons. The van der Waals surface area contributed by atoms with Gasteiger partial charge in [-0.2, -0.15) is 0 Å². The van der Waals surface area contributed by atoms with Crippen LogP contribution in [0.25, 0.3) is 11.3 Å². The summed E-state index contributed by atoms with van der Waals surface area (Å²) in [6, 6.07) is 9.72. The molecule has 28 heavy (non-hydrogen) atoms. The van der Waals surface area contributed by atoms with E-state index >= 15 is 0 Å². The molecular formula is C22H26FN3O2. The lowest BCUT2D eigenvalue weighted by molar-refractivity contribution is 0.0685. The predicted molar refractivity (Wildman–Crippen MR) is 105 cm³/mol. The molecule has 1 atom stereocenters. The second-order valence-electron chi connectivity index (χ2n) is 8.09. The monoisotopic (exact) mass is 383 g/mol. The van der Waals surface area contributed by atoms with E-state index in [-0.39, 0.29) is 23.2 Å². The van der Waals surface area contributed by atoms with Gasteiger partial charge in [0.1, 0.15) is 5.82 Å². The van der Waals surface area contributed by atoms with E-state index < -0.39 is 0 Å². The minimum Gasteiger partial charge on any atom is -0.376 e. The van der Waals surface area contributed by atoms with Crippen LogP contribution in [-0.2, 0) is 4.74 Å². The van der Waals surface area contributed by atoms with Crippen LogP contribution in [0.3, 0.4) is 0 Å². The summed E-state index contributed by atoms with van der Waals surface area (Å²) in [6.07, 6.45) is 4.95. The summed E-state index contributed by atoms with van der Waals surface area (Å²) in [5, 5.41) is 2.97. The molecule has 1 aromatic heterocycles. The largest absolute Gasteiger partial charge is 0.376 e. The van der Waals surface area contributed by atoms with E-state index in [4.69, 9.17) is 4.74 Å². The van der Waals surface area contributed by atoms with Crippen molar-refractivity contribution in [2.75, 3.05) is 33.3 Å².